The van der Waals surface area contributed by atoms with Crippen LogP contribution < -0.4 is 9.80 Å². The van der Waals surface area contributed by atoms with Gasteiger partial charge in [0.1, 0.15) is 11.6 Å². The molecule has 0 amide bonds. The number of rotatable bonds is 10. The molecule has 0 heterocycles. The fourth-order valence-corrected chi connectivity index (χ4v) is 12.1. The topological polar surface area (TPSA) is 6.48 Å². The van der Waals surface area contributed by atoms with E-state index in [0.717, 1.165) is 133 Å². The third-order valence-corrected chi connectivity index (χ3v) is 15.5. The predicted molar refractivity (Wildman–Crippen MR) is 319 cm³/mol. The number of para-hydroxylation sites is 2. The maximum absolute atomic E-state index is 17.8. The van der Waals surface area contributed by atoms with Crippen LogP contribution in [0.25, 0.3) is 76.8 Å². The van der Waals surface area contributed by atoms with Crippen LogP contribution in [0.4, 0.5) is 42.9 Å². The lowest BCUT2D eigenvalue weighted by atomic mass is 9.86. The quantitative estimate of drug-likeness (QED) is 0.126. The van der Waals surface area contributed by atoms with Crippen molar-refractivity contribution >= 4 is 66.4 Å². The summed E-state index contributed by atoms with van der Waals surface area (Å²) in [5, 5.41) is 6.11. The van der Waals surface area contributed by atoms with Crippen LogP contribution in [0.3, 0.4) is 0 Å². The summed E-state index contributed by atoms with van der Waals surface area (Å²) in [6.07, 6.45) is 0. The molecule has 0 aliphatic heterocycles. The van der Waals surface area contributed by atoms with Crippen LogP contribution in [0.2, 0.25) is 0 Å². The zero-order valence-corrected chi connectivity index (χ0v) is 44.3. The number of anilines is 6. The van der Waals surface area contributed by atoms with Crippen LogP contribution in [0.15, 0.2) is 206 Å². The van der Waals surface area contributed by atoms with Crippen LogP contribution in [0.5, 0.6) is 0 Å². The molecule has 0 saturated carbocycles. The highest BCUT2D eigenvalue weighted by Crippen LogP contribution is 2.54. The zero-order chi connectivity index (χ0) is 52.5. The molecule has 0 unspecified atom stereocenters. The Morgan fingerprint density at radius 3 is 0.947 bits per heavy atom. The first-order valence-corrected chi connectivity index (χ1v) is 26.2. The molecule has 0 aromatic heterocycles. The molecule has 0 bridgehead atoms. The fraction of sp³-hybridized carbons (Fsp3) is 0.111. The van der Waals surface area contributed by atoms with Gasteiger partial charge < -0.3 is 9.80 Å². The van der Waals surface area contributed by atoms with Crippen molar-refractivity contribution in [2.45, 2.75) is 55.4 Å². The molecular formula is C72H58F2N2. The lowest BCUT2D eigenvalue weighted by molar-refractivity contribution is 0.629. The van der Waals surface area contributed by atoms with Crippen LogP contribution in [-0.4, -0.2) is 0 Å². The number of benzene rings is 12. The van der Waals surface area contributed by atoms with Crippen molar-refractivity contribution in [3.63, 3.8) is 0 Å². The zero-order valence-electron chi connectivity index (χ0n) is 44.3. The molecule has 0 atom stereocenters. The van der Waals surface area contributed by atoms with E-state index >= 15 is 8.78 Å². The van der Waals surface area contributed by atoms with Crippen molar-refractivity contribution in [1.82, 2.24) is 0 Å². The molecular weight excluding hydrogens is 931 g/mol. The molecule has 76 heavy (non-hydrogen) atoms. The number of halogens is 2. The first kappa shape index (κ1) is 48.1. The summed E-state index contributed by atoms with van der Waals surface area (Å²) < 4.78 is 35.6. The Labute approximate surface area is 445 Å². The minimum atomic E-state index is -0.330. The summed E-state index contributed by atoms with van der Waals surface area (Å²) in [4.78, 5) is 4.26. The Bertz CT molecular complexity index is 3960. The van der Waals surface area contributed by atoms with Crippen LogP contribution in [0.1, 0.15) is 44.5 Å². The normalized spacial score (nSPS) is 11.6. The standard InChI is InChI=1S/C72H58F2N2/c1-43-19-27-55(47(5)39-43)59-33-35-63(73)71(69(59)57-29-21-45(3)41-49(57)7)75(53-15-11-9-12-16-53)65-37-25-51-24-32-62-66(38-26-52-23-31-61(65)67(51)68(52)62)76(54-17-13-10-14-18-54)72-64(74)36-34-60(56-28-20-44(2)40-48(56)6)70(72)58-30-22-46(4)42-50(58)8/h9-42H,1-8H3. The largest absolute Gasteiger partial charge is 0.307 e. The van der Waals surface area contributed by atoms with Crippen molar-refractivity contribution in [2.24, 2.45) is 0 Å². The Morgan fingerprint density at radius 2 is 0.605 bits per heavy atom. The van der Waals surface area contributed by atoms with Gasteiger partial charge in [-0.15, -0.1) is 0 Å². The summed E-state index contributed by atoms with van der Waals surface area (Å²) in [5.41, 5.74) is 20.9. The molecule has 0 aliphatic rings. The summed E-state index contributed by atoms with van der Waals surface area (Å²) >= 11 is 0. The van der Waals surface area contributed by atoms with Gasteiger partial charge in [0.25, 0.3) is 0 Å². The molecule has 0 saturated heterocycles. The van der Waals surface area contributed by atoms with E-state index in [-0.39, 0.29) is 11.6 Å². The first-order valence-electron chi connectivity index (χ1n) is 26.2. The molecule has 12 aromatic rings. The van der Waals surface area contributed by atoms with Crippen LogP contribution in [0, 0.1) is 67.0 Å². The van der Waals surface area contributed by atoms with Crippen molar-refractivity contribution < 1.29 is 8.78 Å². The SMILES string of the molecule is Cc1ccc(-c2ccc(F)c(N(c3ccccc3)c3ccc4ccc5c(N(c6ccccc6)c6c(F)ccc(-c7ccc(C)cc7C)c6-c6ccc(C)cc6C)ccc6ccc3c4c65)c2-c2ccc(C)cc2C)c(C)c1. The van der Waals surface area contributed by atoms with Crippen LogP contribution in [-0.2, 0) is 0 Å². The second kappa shape index (κ2) is 19.1. The van der Waals surface area contributed by atoms with Gasteiger partial charge in [-0.25, -0.2) is 8.78 Å². The second-order valence-electron chi connectivity index (χ2n) is 20.8. The van der Waals surface area contributed by atoms with Gasteiger partial charge in [-0.05, 0) is 181 Å². The number of hydrogen-bond donors (Lipinski definition) is 0. The van der Waals surface area contributed by atoms with Gasteiger partial charge >= 0.3 is 0 Å². The van der Waals surface area contributed by atoms with E-state index in [0.29, 0.717) is 11.4 Å². The van der Waals surface area contributed by atoms with Gasteiger partial charge in [-0.2, -0.15) is 0 Å². The number of nitrogens with zero attached hydrogens (tertiary/aromatic N) is 2. The second-order valence-corrected chi connectivity index (χ2v) is 20.8. The molecule has 0 aliphatic carbocycles. The molecule has 0 spiro atoms. The van der Waals surface area contributed by atoms with Gasteiger partial charge in [0.2, 0.25) is 0 Å². The van der Waals surface area contributed by atoms with E-state index in [4.69, 9.17) is 0 Å². The summed E-state index contributed by atoms with van der Waals surface area (Å²) in [5.74, 6) is -0.660. The Kier molecular flexibility index (Phi) is 12.1. The lowest BCUT2D eigenvalue weighted by Gasteiger charge is -2.32. The van der Waals surface area contributed by atoms with E-state index in [2.05, 4.69) is 211 Å². The van der Waals surface area contributed by atoms with E-state index in [1.165, 1.54) is 11.1 Å². The molecule has 4 heteroatoms. The first-order chi connectivity index (χ1) is 36.8. The average molecular weight is 989 g/mol. The van der Waals surface area contributed by atoms with Crippen LogP contribution >= 0.6 is 0 Å². The van der Waals surface area contributed by atoms with Gasteiger partial charge in [0, 0.05) is 33.3 Å². The third kappa shape index (κ3) is 8.17. The maximum Gasteiger partial charge on any atom is 0.147 e. The van der Waals surface area contributed by atoms with E-state index in [1.807, 2.05) is 48.5 Å². The van der Waals surface area contributed by atoms with Gasteiger partial charge in [-0.3, -0.25) is 0 Å². The van der Waals surface area contributed by atoms with Gasteiger partial charge in [0.05, 0.1) is 22.7 Å². The van der Waals surface area contributed by atoms with E-state index in [9.17, 15) is 0 Å². The molecule has 0 radical (unpaired) electrons. The molecule has 0 N–H and O–H groups in total. The lowest BCUT2D eigenvalue weighted by Crippen LogP contribution is -2.15. The highest BCUT2D eigenvalue weighted by atomic mass is 19.1. The third-order valence-electron chi connectivity index (χ3n) is 15.5. The summed E-state index contributed by atoms with van der Waals surface area (Å²) in [6.45, 7) is 16.9. The molecule has 370 valence electrons. The Hall–Kier alpha value is -8.86. The van der Waals surface area contributed by atoms with E-state index < -0.39 is 0 Å². The van der Waals surface area contributed by atoms with Crippen molar-refractivity contribution in [1.29, 1.82) is 0 Å². The highest BCUT2D eigenvalue weighted by Gasteiger charge is 2.30. The predicted octanol–water partition coefficient (Wildman–Crippen LogP) is 20.9. The van der Waals surface area contributed by atoms with E-state index in [1.54, 1.807) is 12.1 Å². The van der Waals surface area contributed by atoms with Gasteiger partial charge in [0.15, 0.2) is 0 Å². The number of hydrogen-bond acceptors (Lipinski definition) is 2. The van der Waals surface area contributed by atoms with Crippen molar-refractivity contribution in [3.8, 4) is 44.5 Å². The fourth-order valence-electron chi connectivity index (χ4n) is 12.1. The highest BCUT2D eigenvalue weighted by molar-refractivity contribution is 6.28. The maximum atomic E-state index is 17.8. The molecule has 12 rings (SSSR count). The van der Waals surface area contributed by atoms with Gasteiger partial charge in [-0.1, -0.05) is 180 Å². The number of aryl methyl sites for hydroxylation is 8. The summed E-state index contributed by atoms with van der Waals surface area (Å²) in [6, 6.07) is 70.8. The Balaban J connectivity index is 1.16. The average Bonchev–Trinajstić information content (AvgIpc) is 3.46. The molecule has 0 fully saturated rings. The van der Waals surface area contributed by atoms with Crippen molar-refractivity contribution in [3.05, 3.63) is 262 Å². The smallest absolute Gasteiger partial charge is 0.147 e. The minimum Gasteiger partial charge on any atom is -0.307 e. The summed E-state index contributed by atoms with van der Waals surface area (Å²) in [7, 11) is 0. The van der Waals surface area contributed by atoms with Crippen molar-refractivity contribution in [2.75, 3.05) is 9.80 Å². The molecule has 12 aromatic carbocycles. The minimum absolute atomic E-state index is 0.330. The molecule has 2 nitrogen and oxygen atoms in total. The monoisotopic (exact) mass is 988 g/mol. The Morgan fingerprint density at radius 1 is 0.289 bits per heavy atom.